The van der Waals surface area contributed by atoms with Crippen molar-refractivity contribution < 1.29 is 14.6 Å². The number of aliphatic hydroxyl groups excluding tert-OH is 1. The molecule has 0 amide bonds. The first-order valence-corrected chi connectivity index (χ1v) is 5.31. The molecule has 0 radical (unpaired) electrons. The summed E-state index contributed by atoms with van der Waals surface area (Å²) in [5.41, 5.74) is 1.51. The summed E-state index contributed by atoms with van der Waals surface area (Å²) in [6.07, 6.45) is 1.72. The molecule has 1 rings (SSSR count). The van der Waals surface area contributed by atoms with E-state index in [0.29, 0.717) is 5.56 Å². The van der Waals surface area contributed by atoms with Crippen LogP contribution in [0.1, 0.15) is 23.2 Å². The lowest BCUT2D eigenvalue weighted by Crippen LogP contribution is -2.04. The van der Waals surface area contributed by atoms with E-state index in [1.54, 1.807) is 12.1 Å². The Kier molecular flexibility index (Phi) is 5.36. The van der Waals surface area contributed by atoms with Gasteiger partial charge in [-0.1, -0.05) is 0 Å². The second-order valence-electron chi connectivity index (χ2n) is 3.43. The van der Waals surface area contributed by atoms with Crippen molar-refractivity contribution in [1.82, 2.24) is 0 Å². The van der Waals surface area contributed by atoms with Gasteiger partial charge in [-0.25, -0.2) is 4.79 Å². The number of rotatable bonds is 6. The lowest BCUT2D eigenvalue weighted by atomic mass is 10.2. The number of methoxy groups -OCH3 is 1. The van der Waals surface area contributed by atoms with Gasteiger partial charge >= 0.3 is 5.97 Å². The van der Waals surface area contributed by atoms with Gasteiger partial charge in [0.25, 0.3) is 0 Å². The summed E-state index contributed by atoms with van der Waals surface area (Å²) >= 11 is 0. The molecule has 4 heteroatoms. The highest BCUT2D eigenvalue weighted by atomic mass is 16.5. The number of hydrogen-bond acceptors (Lipinski definition) is 4. The van der Waals surface area contributed by atoms with Gasteiger partial charge in [0.2, 0.25) is 0 Å². The average molecular weight is 223 g/mol. The summed E-state index contributed by atoms with van der Waals surface area (Å²) < 4.78 is 4.60. The highest BCUT2D eigenvalue weighted by molar-refractivity contribution is 5.89. The smallest absolute Gasteiger partial charge is 0.337 e. The first-order valence-electron chi connectivity index (χ1n) is 5.31. The van der Waals surface area contributed by atoms with E-state index in [9.17, 15) is 4.79 Å². The third-order valence-corrected chi connectivity index (χ3v) is 2.22. The van der Waals surface area contributed by atoms with Gasteiger partial charge in [-0.3, -0.25) is 0 Å². The zero-order valence-electron chi connectivity index (χ0n) is 9.40. The fourth-order valence-electron chi connectivity index (χ4n) is 1.31. The van der Waals surface area contributed by atoms with Gasteiger partial charge in [0, 0.05) is 18.8 Å². The SMILES string of the molecule is COC(=O)c1ccc(NCCCCO)cc1. The minimum atomic E-state index is -0.327. The van der Waals surface area contributed by atoms with Crippen LogP contribution in [0.15, 0.2) is 24.3 Å². The predicted octanol–water partition coefficient (Wildman–Crippen LogP) is 1.66. The number of esters is 1. The fraction of sp³-hybridized carbons (Fsp3) is 0.417. The number of benzene rings is 1. The second-order valence-corrected chi connectivity index (χ2v) is 3.43. The van der Waals surface area contributed by atoms with Crippen molar-refractivity contribution in [1.29, 1.82) is 0 Å². The molecule has 0 aliphatic carbocycles. The normalized spacial score (nSPS) is 9.88. The Hall–Kier alpha value is -1.55. The Morgan fingerprint density at radius 3 is 2.56 bits per heavy atom. The number of ether oxygens (including phenoxy) is 1. The fourth-order valence-corrected chi connectivity index (χ4v) is 1.31. The highest BCUT2D eigenvalue weighted by Gasteiger charge is 2.03. The van der Waals surface area contributed by atoms with Crippen LogP contribution in [0.2, 0.25) is 0 Å². The molecule has 0 aromatic heterocycles. The summed E-state index contributed by atoms with van der Waals surface area (Å²) in [4.78, 5) is 11.2. The van der Waals surface area contributed by atoms with E-state index in [-0.39, 0.29) is 12.6 Å². The molecular formula is C12H17NO3. The van der Waals surface area contributed by atoms with Gasteiger partial charge in [0.05, 0.1) is 12.7 Å². The number of carbonyl (C=O) groups excluding carboxylic acids is 1. The molecule has 1 aromatic rings. The summed E-state index contributed by atoms with van der Waals surface area (Å²) in [5.74, 6) is -0.327. The van der Waals surface area contributed by atoms with Crippen LogP contribution in [0.5, 0.6) is 0 Å². The monoisotopic (exact) mass is 223 g/mol. The van der Waals surface area contributed by atoms with Crippen molar-refractivity contribution in [3.63, 3.8) is 0 Å². The van der Waals surface area contributed by atoms with E-state index in [1.165, 1.54) is 7.11 Å². The quantitative estimate of drug-likeness (QED) is 0.569. The van der Waals surface area contributed by atoms with Crippen LogP contribution in [-0.2, 0) is 4.74 Å². The van der Waals surface area contributed by atoms with Crippen LogP contribution in [0.4, 0.5) is 5.69 Å². The number of unbranched alkanes of at least 4 members (excludes halogenated alkanes) is 1. The van der Waals surface area contributed by atoms with Crippen LogP contribution >= 0.6 is 0 Å². The summed E-state index contributed by atoms with van der Waals surface area (Å²) in [6.45, 7) is 1.04. The Balaban J connectivity index is 2.42. The molecule has 88 valence electrons. The van der Waals surface area contributed by atoms with Crippen LogP contribution in [-0.4, -0.2) is 31.3 Å². The molecule has 0 saturated heterocycles. The van der Waals surface area contributed by atoms with E-state index < -0.39 is 0 Å². The maximum absolute atomic E-state index is 11.2. The molecule has 0 aliphatic heterocycles. The van der Waals surface area contributed by atoms with Gasteiger partial charge in [0.15, 0.2) is 0 Å². The molecule has 16 heavy (non-hydrogen) atoms. The van der Waals surface area contributed by atoms with E-state index in [2.05, 4.69) is 10.1 Å². The standard InChI is InChI=1S/C12H17NO3/c1-16-12(15)10-4-6-11(7-5-10)13-8-2-3-9-14/h4-7,13-14H,2-3,8-9H2,1H3. The highest BCUT2D eigenvalue weighted by Crippen LogP contribution is 2.10. The van der Waals surface area contributed by atoms with E-state index in [1.807, 2.05) is 12.1 Å². The largest absolute Gasteiger partial charge is 0.465 e. The minimum absolute atomic E-state index is 0.225. The average Bonchev–Trinajstić information content (AvgIpc) is 2.34. The van der Waals surface area contributed by atoms with Crippen molar-refractivity contribution in [3.05, 3.63) is 29.8 Å². The van der Waals surface area contributed by atoms with Gasteiger partial charge < -0.3 is 15.2 Å². The van der Waals surface area contributed by atoms with E-state index in [4.69, 9.17) is 5.11 Å². The van der Waals surface area contributed by atoms with Crippen LogP contribution in [0.3, 0.4) is 0 Å². The second kappa shape index (κ2) is 6.85. The topological polar surface area (TPSA) is 58.6 Å². The molecule has 0 saturated carbocycles. The number of carbonyl (C=O) groups is 1. The minimum Gasteiger partial charge on any atom is -0.465 e. The predicted molar refractivity (Wildman–Crippen MR) is 62.6 cm³/mol. The van der Waals surface area contributed by atoms with E-state index in [0.717, 1.165) is 25.1 Å². The molecule has 0 spiro atoms. The first-order chi connectivity index (χ1) is 7.77. The Bertz CT molecular complexity index is 322. The van der Waals surface area contributed by atoms with Crippen molar-refractivity contribution in [2.75, 3.05) is 25.6 Å². The maximum Gasteiger partial charge on any atom is 0.337 e. The lowest BCUT2D eigenvalue weighted by Gasteiger charge is -2.06. The molecular weight excluding hydrogens is 206 g/mol. The number of hydrogen-bond donors (Lipinski definition) is 2. The van der Waals surface area contributed by atoms with E-state index >= 15 is 0 Å². The Labute approximate surface area is 95.2 Å². The third-order valence-electron chi connectivity index (χ3n) is 2.22. The maximum atomic E-state index is 11.2. The number of nitrogens with one attached hydrogen (secondary N) is 1. The molecule has 0 bridgehead atoms. The van der Waals surface area contributed by atoms with Gasteiger partial charge in [-0.15, -0.1) is 0 Å². The van der Waals surface area contributed by atoms with Crippen LogP contribution in [0, 0.1) is 0 Å². The molecule has 0 unspecified atom stereocenters. The Morgan fingerprint density at radius 1 is 1.31 bits per heavy atom. The third kappa shape index (κ3) is 3.90. The molecule has 4 nitrogen and oxygen atoms in total. The molecule has 0 fully saturated rings. The van der Waals surface area contributed by atoms with Crippen molar-refractivity contribution >= 4 is 11.7 Å². The molecule has 1 aromatic carbocycles. The summed E-state index contributed by atoms with van der Waals surface area (Å²) in [5, 5.41) is 11.8. The molecule has 2 N–H and O–H groups in total. The Morgan fingerprint density at radius 2 is 2.00 bits per heavy atom. The van der Waals surface area contributed by atoms with Crippen molar-refractivity contribution in [2.45, 2.75) is 12.8 Å². The van der Waals surface area contributed by atoms with Gasteiger partial charge in [-0.05, 0) is 37.1 Å². The van der Waals surface area contributed by atoms with Crippen LogP contribution in [0.25, 0.3) is 0 Å². The number of aliphatic hydroxyl groups is 1. The molecule has 0 atom stereocenters. The molecule has 0 heterocycles. The van der Waals surface area contributed by atoms with Crippen molar-refractivity contribution in [2.24, 2.45) is 0 Å². The van der Waals surface area contributed by atoms with Gasteiger partial charge in [0.1, 0.15) is 0 Å². The lowest BCUT2D eigenvalue weighted by molar-refractivity contribution is 0.0601. The zero-order chi connectivity index (χ0) is 11.8. The summed E-state index contributed by atoms with van der Waals surface area (Å²) in [7, 11) is 1.36. The van der Waals surface area contributed by atoms with Gasteiger partial charge in [-0.2, -0.15) is 0 Å². The zero-order valence-corrected chi connectivity index (χ0v) is 9.40. The van der Waals surface area contributed by atoms with Crippen molar-refractivity contribution in [3.8, 4) is 0 Å². The number of anilines is 1. The van der Waals surface area contributed by atoms with Crippen LogP contribution < -0.4 is 5.32 Å². The molecule has 0 aliphatic rings. The summed E-state index contributed by atoms with van der Waals surface area (Å²) in [6, 6.07) is 7.12. The first kappa shape index (κ1) is 12.5.